The van der Waals surface area contributed by atoms with E-state index >= 15 is 0 Å². The van der Waals surface area contributed by atoms with Crippen LogP contribution in [0.4, 0.5) is 0 Å². The second kappa shape index (κ2) is 5.46. The summed E-state index contributed by atoms with van der Waals surface area (Å²) in [4.78, 5) is 6.01. The lowest BCUT2D eigenvalue weighted by atomic mass is 9.79. The highest BCUT2D eigenvalue weighted by Gasteiger charge is 2.33. The second-order valence-electron chi connectivity index (χ2n) is 5.11. The third-order valence-electron chi connectivity index (χ3n) is 3.55. The van der Waals surface area contributed by atoms with Gasteiger partial charge in [0, 0.05) is 29.9 Å². The lowest BCUT2D eigenvalue weighted by Gasteiger charge is -2.36. The van der Waals surface area contributed by atoms with Gasteiger partial charge in [0.15, 0.2) is 0 Å². The standard InChI is InChI=1S/C13H22N2OS/c1-10-11(2)17-12(15-10)7-13(8-14-3)5-4-6-16-9-13/h14H,4-9H2,1-3H3. The summed E-state index contributed by atoms with van der Waals surface area (Å²) in [6, 6.07) is 0. The molecule has 1 unspecified atom stereocenters. The largest absolute Gasteiger partial charge is 0.381 e. The van der Waals surface area contributed by atoms with Crippen LogP contribution in [-0.4, -0.2) is 31.8 Å². The summed E-state index contributed by atoms with van der Waals surface area (Å²) in [5.41, 5.74) is 1.44. The maximum atomic E-state index is 5.68. The van der Waals surface area contributed by atoms with Gasteiger partial charge < -0.3 is 10.1 Å². The van der Waals surface area contributed by atoms with E-state index in [0.717, 1.165) is 26.2 Å². The van der Waals surface area contributed by atoms with E-state index in [1.807, 2.05) is 18.4 Å². The van der Waals surface area contributed by atoms with Crippen molar-refractivity contribution in [2.24, 2.45) is 5.41 Å². The molecule has 0 spiro atoms. The van der Waals surface area contributed by atoms with Crippen LogP contribution in [0, 0.1) is 19.3 Å². The molecule has 1 aliphatic rings. The van der Waals surface area contributed by atoms with Crippen molar-refractivity contribution < 1.29 is 4.74 Å². The van der Waals surface area contributed by atoms with Crippen LogP contribution in [0.3, 0.4) is 0 Å². The van der Waals surface area contributed by atoms with Crippen LogP contribution in [0.15, 0.2) is 0 Å². The average Bonchev–Trinajstić information content (AvgIpc) is 2.59. The maximum Gasteiger partial charge on any atom is 0.0937 e. The molecule has 0 aliphatic carbocycles. The lowest BCUT2D eigenvalue weighted by Crippen LogP contribution is -2.41. The number of ether oxygens (including phenoxy) is 1. The fourth-order valence-electron chi connectivity index (χ4n) is 2.56. The minimum absolute atomic E-state index is 0.254. The van der Waals surface area contributed by atoms with Crippen molar-refractivity contribution >= 4 is 11.3 Å². The molecule has 1 aromatic heterocycles. The first kappa shape index (κ1) is 13.0. The number of nitrogens with one attached hydrogen (secondary N) is 1. The highest BCUT2D eigenvalue weighted by atomic mass is 32.1. The highest BCUT2D eigenvalue weighted by molar-refractivity contribution is 7.11. The molecule has 3 nitrogen and oxygen atoms in total. The predicted octanol–water partition coefficient (Wildman–Crippen LogP) is 2.32. The van der Waals surface area contributed by atoms with Gasteiger partial charge in [-0.15, -0.1) is 11.3 Å². The summed E-state index contributed by atoms with van der Waals surface area (Å²) in [6.45, 7) is 7.05. The Morgan fingerprint density at radius 2 is 2.29 bits per heavy atom. The van der Waals surface area contributed by atoms with Crippen LogP contribution < -0.4 is 5.32 Å². The fourth-order valence-corrected chi connectivity index (χ4v) is 3.67. The van der Waals surface area contributed by atoms with Crippen LogP contribution in [0.25, 0.3) is 0 Å². The highest BCUT2D eigenvalue weighted by Crippen LogP contribution is 2.33. The second-order valence-corrected chi connectivity index (χ2v) is 6.40. The Bertz CT molecular complexity index is 344. The van der Waals surface area contributed by atoms with E-state index < -0.39 is 0 Å². The van der Waals surface area contributed by atoms with Crippen molar-refractivity contribution in [3.8, 4) is 0 Å². The smallest absolute Gasteiger partial charge is 0.0937 e. The Morgan fingerprint density at radius 1 is 1.47 bits per heavy atom. The molecule has 0 aromatic carbocycles. The predicted molar refractivity (Wildman–Crippen MR) is 71.7 cm³/mol. The zero-order valence-corrected chi connectivity index (χ0v) is 11.8. The molecule has 4 heteroatoms. The van der Waals surface area contributed by atoms with Gasteiger partial charge >= 0.3 is 0 Å². The minimum atomic E-state index is 0.254. The molecule has 1 atom stereocenters. The normalized spacial score (nSPS) is 25.1. The summed E-state index contributed by atoms with van der Waals surface area (Å²) in [5.74, 6) is 0. The van der Waals surface area contributed by atoms with Gasteiger partial charge in [-0.3, -0.25) is 0 Å². The Morgan fingerprint density at radius 3 is 2.82 bits per heavy atom. The van der Waals surface area contributed by atoms with E-state index in [-0.39, 0.29) is 5.41 Å². The van der Waals surface area contributed by atoms with Crippen molar-refractivity contribution in [1.82, 2.24) is 10.3 Å². The van der Waals surface area contributed by atoms with Crippen molar-refractivity contribution in [1.29, 1.82) is 0 Å². The maximum absolute atomic E-state index is 5.68. The molecule has 1 aliphatic heterocycles. The van der Waals surface area contributed by atoms with Crippen LogP contribution in [0.2, 0.25) is 0 Å². The number of aromatic nitrogens is 1. The number of aryl methyl sites for hydroxylation is 2. The number of nitrogens with zero attached hydrogens (tertiary/aromatic N) is 1. The van der Waals surface area contributed by atoms with E-state index in [0.29, 0.717) is 0 Å². The summed E-state index contributed by atoms with van der Waals surface area (Å²) in [7, 11) is 2.02. The Balaban J connectivity index is 2.11. The van der Waals surface area contributed by atoms with Gasteiger partial charge in [-0.2, -0.15) is 0 Å². The molecule has 0 radical (unpaired) electrons. The van der Waals surface area contributed by atoms with Gasteiger partial charge in [0.2, 0.25) is 0 Å². The third kappa shape index (κ3) is 3.06. The van der Waals surface area contributed by atoms with E-state index in [1.165, 1.54) is 28.4 Å². The molecule has 1 fully saturated rings. The molecule has 0 amide bonds. The summed E-state index contributed by atoms with van der Waals surface area (Å²) < 4.78 is 5.68. The Kier molecular flexibility index (Phi) is 4.17. The quantitative estimate of drug-likeness (QED) is 0.895. The molecular weight excluding hydrogens is 232 g/mol. The molecule has 2 rings (SSSR count). The summed E-state index contributed by atoms with van der Waals surface area (Å²) >= 11 is 1.84. The molecule has 1 N–H and O–H groups in total. The molecule has 17 heavy (non-hydrogen) atoms. The topological polar surface area (TPSA) is 34.2 Å². The van der Waals surface area contributed by atoms with Gasteiger partial charge in [-0.1, -0.05) is 0 Å². The molecule has 2 heterocycles. The van der Waals surface area contributed by atoms with Crippen molar-refractivity contribution in [3.63, 3.8) is 0 Å². The fraction of sp³-hybridized carbons (Fsp3) is 0.769. The zero-order valence-electron chi connectivity index (χ0n) is 11.0. The minimum Gasteiger partial charge on any atom is -0.381 e. The average molecular weight is 254 g/mol. The molecular formula is C13H22N2OS. The molecule has 0 bridgehead atoms. The molecule has 0 saturated carbocycles. The lowest BCUT2D eigenvalue weighted by molar-refractivity contribution is -0.00627. The van der Waals surface area contributed by atoms with Crippen molar-refractivity contribution in [2.45, 2.75) is 33.1 Å². The molecule has 1 aromatic rings. The van der Waals surface area contributed by atoms with Crippen LogP contribution in [0.1, 0.15) is 28.4 Å². The van der Waals surface area contributed by atoms with Gasteiger partial charge in [0.05, 0.1) is 17.3 Å². The van der Waals surface area contributed by atoms with Crippen molar-refractivity contribution in [3.05, 3.63) is 15.6 Å². The Hall–Kier alpha value is -0.450. The van der Waals surface area contributed by atoms with Gasteiger partial charge in [-0.05, 0) is 33.7 Å². The van der Waals surface area contributed by atoms with Crippen LogP contribution >= 0.6 is 11.3 Å². The number of hydrogen-bond acceptors (Lipinski definition) is 4. The third-order valence-corrected chi connectivity index (χ3v) is 4.63. The van der Waals surface area contributed by atoms with E-state index in [4.69, 9.17) is 4.74 Å². The summed E-state index contributed by atoms with van der Waals surface area (Å²) in [5, 5.41) is 4.58. The number of thiazole rings is 1. The molecule has 1 saturated heterocycles. The van der Waals surface area contributed by atoms with Gasteiger partial charge in [-0.25, -0.2) is 4.98 Å². The van der Waals surface area contributed by atoms with Crippen LogP contribution in [0.5, 0.6) is 0 Å². The van der Waals surface area contributed by atoms with E-state index in [2.05, 4.69) is 24.1 Å². The monoisotopic (exact) mass is 254 g/mol. The first-order valence-electron chi connectivity index (χ1n) is 6.30. The number of hydrogen-bond donors (Lipinski definition) is 1. The van der Waals surface area contributed by atoms with Crippen LogP contribution in [-0.2, 0) is 11.2 Å². The van der Waals surface area contributed by atoms with Gasteiger partial charge in [0.1, 0.15) is 0 Å². The first-order chi connectivity index (χ1) is 8.15. The number of rotatable bonds is 4. The SMILES string of the molecule is CNCC1(Cc2nc(C)c(C)s2)CCCOC1. The summed E-state index contributed by atoms with van der Waals surface area (Å²) in [6.07, 6.45) is 3.46. The Labute approximate surface area is 108 Å². The molecule has 96 valence electrons. The van der Waals surface area contributed by atoms with Crippen molar-refractivity contribution in [2.75, 3.05) is 26.8 Å². The van der Waals surface area contributed by atoms with Gasteiger partial charge in [0.25, 0.3) is 0 Å². The van der Waals surface area contributed by atoms with E-state index in [9.17, 15) is 0 Å². The first-order valence-corrected chi connectivity index (χ1v) is 7.12. The van der Waals surface area contributed by atoms with E-state index in [1.54, 1.807) is 0 Å². The zero-order chi connectivity index (χ0) is 12.3.